The lowest BCUT2D eigenvalue weighted by Gasteiger charge is -2.43. The number of piperidine rings is 1. The summed E-state index contributed by atoms with van der Waals surface area (Å²) in [6, 6.07) is 4.67. The second-order valence-electron chi connectivity index (χ2n) is 6.49. The minimum absolute atomic E-state index is 0.0845. The molecule has 5 heteroatoms. The molecule has 1 aliphatic rings. The summed E-state index contributed by atoms with van der Waals surface area (Å²) < 4.78 is 13.4. The van der Waals surface area contributed by atoms with Gasteiger partial charge in [0.1, 0.15) is 5.82 Å². The summed E-state index contributed by atoms with van der Waals surface area (Å²) in [6.45, 7) is 3.53. The highest BCUT2D eigenvalue weighted by Gasteiger charge is 2.35. The molecule has 1 aromatic rings. The van der Waals surface area contributed by atoms with Crippen molar-refractivity contribution >= 4 is 11.6 Å². The Kier molecular flexibility index (Phi) is 5.60. The van der Waals surface area contributed by atoms with E-state index in [0.717, 1.165) is 38.0 Å². The zero-order chi connectivity index (χ0) is 15.5. The van der Waals surface area contributed by atoms with E-state index in [1.165, 1.54) is 12.1 Å². The summed E-state index contributed by atoms with van der Waals surface area (Å²) in [6.07, 6.45) is 2.08. The number of benzene rings is 1. The van der Waals surface area contributed by atoms with Gasteiger partial charge in [0.15, 0.2) is 0 Å². The third-order valence-electron chi connectivity index (χ3n) is 4.06. The van der Waals surface area contributed by atoms with Crippen LogP contribution in [0.2, 0.25) is 5.02 Å². The van der Waals surface area contributed by atoms with Crippen molar-refractivity contribution in [1.29, 1.82) is 0 Å². The molecule has 0 unspecified atom stereocenters. The first-order chi connectivity index (χ1) is 9.92. The van der Waals surface area contributed by atoms with Crippen LogP contribution in [-0.2, 0) is 6.54 Å². The van der Waals surface area contributed by atoms with Crippen LogP contribution in [-0.4, -0.2) is 55.2 Å². The van der Waals surface area contributed by atoms with Gasteiger partial charge in [-0.3, -0.25) is 4.90 Å². The predicted octanol–water partition coefficient (Wildman–Crippen LogP) is 2.62. The van der Waals surface area contributed by atoms with Crippen LogP contribution in [0.1, 0.15) is 18.4 Å². The van der Waals surface area contributed by atoms with E-state index in [1.807, 2.05) is 20.2 Å². The van der Waals surface area contributed by atoms with E-state index in [-0.39, 0.29) is 17.8 Å². The van der Waals surface area contributed by atoms with Gasteiger partial charge in [-0.1, -0.05) is 11.6 Å². The first kappa shape index (κ1) is 16.7. The van der Waals surface area contributed by atoms with Gasteiger partial charge >= 0.3 is 0 Å². The monoisotopic (exact) mass is 314 g/mol. The fraction of sp³-hybridized carbons (Fsp3) is 0.625. The first-order valence-electron chi connectivity index (χ1n) is 7.35. The highest BCUT2D eigenvalue weighted by atomic mass is 35.5. The number of aliphatic hydroxyl groups is 1. The summed E-state index contributed by atoms with van der Waals surface area (Å²) in [5.74, 6) is -0.295. The normalized spacial score (nSPS) is 23.7. The Morgan fingerprint density at radius 3 is 2.76 bits per heavy atom. The standard InChI is InChI=1S/C16H24ClFN2O/c1-19(2)10-16(12-21)4-3-5-20(11-16)9-13-6-14(17)8-15(18)7-13/h6-8,21H,3-5,9-12H2,1-2H3/t16-/m0/s1. The van der Waals surface area contributed by atoms with Crippen LogP contribution in [0.25, 0.3) is 0 Å². The molecule has 0 radical (unpaired) electrons. The van der Waals surface area contributed by atoms with Crippen molar-refractivity contribution < 1.29 is 9.50 Å². The molecule has 3 nitrogen and oxygen atoms in total. The van der Waals surface area contributed by atoms with E-state index in [1.54, 1.807) is 0 Å². The van der Waals surface area contributed by atoms with Crippen LogP contribution < -0.4 is 0 Å². The molecule has 1 N–H and O–H groups in total. The lowest BCUT2D eigenvalue weighted by Crippen LogP contribution is -2.49. The lowest BCUT2D eigenvalue weighted by molar-refractivity contribution is 0.0105. The minimum atomic E-state index is -0.295. The van der Waals surface area contributed by atoms with Gasteiger partial charge in [-0.25, -0.2) is 4.39 Å². The van der Waals surface area contributed by atoms with Crippen molar-refractivity contribution in [2.24, 2.45) is 5.41 Å². The molecule has 0 bridgehead atoms. The molecule has 118 valence electrons. The molecule has 2 rings (SSSR count). The summed E-state index contributed by atoms with van der Waals surface area (Å²) in [5.41, 5.74) is 0.803. The van der Waals surface area contributed by atoms with Crippen molar-refractivity contribution in [2.75, 3.05) is 40.3 Å². The van der Waals surface area contributed by atoms with E-state index >= 15 is 0 Å². The molecule has 1 fully saturated rings. The topological polar surface area (TPSA) is 26.7 Å². The third-order valence-corrected chi connectivity index (χ3v) is 4.27. The summed E-state index contributed by atoms with van der Waals surface area (Å²) >= 11 is 5.91. The number of halogens is 2. The average molecular weight is 315 g/mol. The molecule has 0 amide bonds. The Bertz CT molecular complexity index is 463. The van der Waals surface area contributed by atoms with Crippen LogP contribution in [0.5, 0.6) is 0 Å². The quantitative estimate of drug-likeness (QED) is 0.905. The van der Waals surface area contributed by atoms with Gasteiger partial charge in [0.05, 0.1) is 6.61 Å². The molecule has 1 aliphatic heterocycles. The van der Waals surface area contributed by atoms with E-state index in [2.05, 4.69) is 9.80 Å². The fourth-order valence-corrected chi connectivity index (χ4v) is 3.63. The van der Waals surface area contributed by atoms with E-state index in [9.17, 15) is 9.50 Å². The Hall–Kier alpha value is -0.680. The van der Waals surface area contributed by atoms with Crippen molar-refractivity contribution in [2.45, 2.75) is 19.4 Å². The largest absolute Gasteiger partial charge is 0.396 e. The Balaban J connectivity index is 2.06. The Morgan fingerprint density at radius 2 is 2.14 bits per heavy atom. The van der Waals surface area contributed by atoms with Crippen molar-refractivity contribution in [3.8, 4) is 0 Å². The highest BCUT2D eigenvalue weighted by molar-refractivity contribution is 6.30. The molecule has 0 saturated carbocycles. The third kappa shape index (κ3) is 4.65. The number of hydrogen-bond donors (Lipinski definition) is 1. The summed E-state index contributed by atoms with van der Waals surface area (Å²) in [5, 5.41) is 10.3. The second kappa shape index (κ2) is 7.05. The maximum atomic E-state index is 13.4. The van der Waals surface area contributed by atoms with E-state index in [4.69, 9.17) is 11.6 Å². The number of rotatable bonds is 5. The Morgan fingerprint density at radius 1 is 1.38 bits per heavy atom. The van der Waals surface area contributed by atoms with Crippen molar-refractivity contribution in [3.63, 3.8) is 0 Å². The van der Waals surface area contributed by atoms with Gasteiger partial charge in [-0.2, -0.15) is 0 Å². The van der Waals surface area contributed by atoms with Crippen LogP contribution in [0.15, 0.2) is 18.2 Å². The summed E-state index contributed by atoms with van der Waals surface area (Å²) in [7, 11) is 4.06. The molecular weight excluding hydrogens is 291 g/mol. The zero-order valence-corrected chi connectivity index (χ0v) is 13.5. The fourth-order valence-electron chi connectivity index (χ4n) is 3.38. The maximum absolute atomic E-state index is 13.4. The van der Waals surface area contributed by atoms with E-state index < -0.39 is 0 Å². The van der Waals surface area contributed by atoms with Crippen LogP contribution >= 0.6 is 11.6 Å². The maximum Gasteiger partial charge on any atom is 0.125 e. The van der Waals surface area contributed by atoms with Gasteiger partial charge in [0, 0.05) is 30.1 Å². The molecule has 0 spiro atoms. The average Bonchev–Trinajstić information content (AvgIpc) is 2.37. The summed E-state index contributed by atoms with van der Waals surface area (Å²) in [4.78, 5) is 4.41. The minimum Gasteiger partial charge on any atom is -0.396 e. The molecular formula is C16H24ClFN2O. The molecule has 0 aromatic heterocycles. The predicted molar refractivity (Wildman–Crippen MR) is 84.0 cm³/mol. The molecule has 1 saturated heterocycles. The SMILES string of the molecule is CN(C)C[C@@]1(CO)CCCN(Cc2cc(F)cc(Cl)c2)C1. The number of aliphatic hydroxyl groups excluding tert-OH is 1. The van der Waals surface area contributed by atoms with Gasteiger partial charge in [-0.05, 0) is 57.2 Å². The van der Waals surface area contributed by atoms with Gasteiger partial charge in [0.25, 0.3) is 0 Å². The van der Waals surface area contributed by atoms with Gasteiger partial charge < -0.3 is 10.0 Å². The van der Waals surface area contributed by atoms with Crippen LogP contribution in [0, 0.1) is 11.2 Å². The van der Waals surface area contributed by atoms with Crippen molar-refractivity contribution in [1.82, 2.24) is 9.80 Å². The number of nitrogens with zero attached hydrogens (tertiary/aromatic N) is 2. The second-order valence-corrected chi connectivity index (χ2v) is 6.92. The zero-order valence-electron chi connectivity index (χ0n) is 12.8. The molecule has 0 aliphatic carbocycles. The smallest absolute Gasteiger partial charge is 0.125 e. The molecule has 1 aromatic carbocycles. The number of hydrogen-bond acceptors (Lipinski definition) is 3. The first-order valence-corrected chi connectivity index (χ1v) is 7.73. The van der Waals surface area contributed by atoms with Gasteiger partial charge in [-0.15, -0.1) is 0 Å². The highest BCUT2D eigenvalue weighted by Crippen LogP contribution is 2.31. The van der Waals surface area contributed by atoms with Crippen LogP contribution in [0.3, 0.4) is 0 Å². The Labute approximate surface area is 131 Å². The van der Waals surface area contributed by atoms with Crippen LogP contribution in [0.4, 0.5) is 4.39 Å². The molecule has 1 atom stereocenters. The molecule has 1 heterocycles. The van der Waals surface area contributed by atoms with E-state index in [0.29, 0.717) is 11.6 Å². The number of likely N-dealkylation sites (tertiary alicyclic amines) is 1. The lowest BCUT2D eigenvalue weighted by atomic mass is 9.80. The molecule has 21 heavy (non-hydrogen) atoms. The van der Waals surface area contributed by atoms with Gasteiger partial charge in [0.2, 0.25) is 0 Å². The van der Waals surface area contributed by atoms with Crippen molar-refractivity contribution in [3.05, 3.63) is 34.6 Å².